The van der Waals surface area contributed by atoms with Crippen molar-refractivity contribution < 1.29 is 167 Å². The Labute approximate surface area is 433 Å². The van der Waals surface area contributed by atoms with Gasteiger partial charge in [0, 0.05) is 0 Å². The maximum atomic E-state index is 12.8. The summed E-state index contributed by atoms with van der Waals surface area (Å²) in [4.78, 5) is 32.3. The van der Waals surface area contributed by atoms with Crippen molar-refractivity contribution in [3.05, 3.63) is 24.3 Å². The summed E-state index contributed by atoms with van der Waals surface area (Å²) in [7, 11) is -21.9. The van der Waals surface area contributed by atoms with Gasteiger partial charge < -0.3 is 107 Å². The number of carboxylic acids is 2. The summed E-state index contributed by atoms with van der Waals surface area (Å²) >= 11 is 0. The standard InChI is InChI=1S/C35H50N2O36S4/c1-10(38)36-16-18(40)23(72-76(55,56)57)14(8-62-74(49,50)51)65-32(16)68-26-20(42)22(44)35(71-29(26)31(47)48)67-25-17(37-11(2)39)33(66-15(9-63-75(52,53)54)24(25)73-77(58,59)60)69-27-19(41)21(43)34(70-28(27)30(45)46)64-13-6-4-12(61-3)5-7-13/h4-7,14-29,32-35,40-44H,8-9H2,1-3H3,(H,36,38)(H,37,39)(H,45,46)(H,47,48)(H,49,50,51)(H,52,53,54)(H,55,56,57)(H,58,59,60)/p-6/t14-,15-,16-,17-,18-,19-,20-,21-,22-,23+,24+,25-,26+,27+,28+,29+,32+,33+,34-,35-/m1/s1. The van der Waals surface area contributed by atoms with Gasteiger partial charge in [-0.15, -0.1) is 0 Å². The van der Waals surface area contributed by atoms with E-state index < -0.39 is 201 Å². The van der Waals surface area contributed by atoms with Gasteiger partial charge in [0.1, 0.15) is 109 Å². The first-order valence-corrected chi connectivity index (χ1v) is 26.5. The largest absolute Gasteiger partial charge is 0.862 e. The summed E-state index contributed by atoms with van der Waals surface area (Å²) < 4.78 is 202. The SMILES string of the molecule is COc1ccc(O[C@@H]2O[C@H](C(=O)[O-])[C@@H](O[C@@H]3O[C@H](COS(=O)(=O)[O-])[C@H](OS(=O)(=O)O)[C@H](O[C@@H]4O[C@H](C(=O)[O-])[C@@H](O[C@@H]5O[C@H](COS(=O)(=O)[O-])[C@H](OS(=O)(=O)O)[C@H](O)[C@H]5N=C(C)[O-])[C@H](O)[C@H]4O)[C@H]3N=C(C)[O-])[C@H](O)[C@H]2O)cc1. The number of aliphatic hydroxyl groups is 5. The highest BCUT2D eigenvalue weighted by atomic mass is 32.3. The van der Waals surface area contributed by atoms with E-state index in [2.05, 4.69) is 26.7 Å². The number of aliphatic imine (C=N–C) groups is 2. The molecule has 440 valence electrons. The van der Waals surface area contributed by atoms with Crippen LogP contribution in [0.2, 0.25) is 0 Å². The van der Waals surface area contributed by atoms with E-state index in [1.807, 2.05) is 0 Å². The Morgan fingerprint density at radius 3 is 1.35 bits per heavy atom. The fourth-order valence-electron chi connectivity index (χ4n) is 7.78. The lowest BCUT2D eigenvalue weighted by Crippen LogP contribution is -2.69. The van der Waals surface area contributed by atoms with E-state index >= 15 is 0 Å². The number of ether oxygens (including phenoxy) is 9. The van der Waals surface area contributed by atoms with Crippen molar-refractivity contribution in [3.8, 4) is 11.5 Å². The lowest BCUT2D eigenvalue weighted by atomic mass is 9.94. The number of benzene rings is 1. The van der Waals surface area contributed by atoms with Gasteiger partial charge in [0.2, 0.25) is 27.1 Å². The topological polar surface area (TPSA) is 595 Å². The fourth-order valence-corrected chi connectivity index (χ4v) is 9.41. The predicted octanol–water partition coefficient (Wildman–Crippen LogP) is -11.9. The van der Waals surface area contributed by atoms with Gasteiger partial charge in [-0.05, 0) is 49.9 Å². The molecule has 0 radical (unpaired) electrons. The van der Waals surface area contributed by atoms with Gasteiger partial charge in [-0.25, -0.2) is 25.2 Å². The molecule has 5 rings (SSSR count). The number of hydrogen-bond donors (Lipinski definition) is 7. The number of aliphatic hydroxyl groups excluding tert-OH is 5. The molecule has 1 aromatic carbocycles. The number of hydrogen-bond acceptors (Lipinski definition) is 36. The van der Waals surface area contributed by atoms with Crippen molar-refractivity contribution in [2.75, 3.05) is 20.3 Å². The average Bonchev–Trinajstić information content (AvgIpc) is 3.29. The van der Waals surface area contributed by atoms with E-state index in [4.69, 9.17) is 42.6 Å². The van der Waals surface area contributed by atoms with E-state index in [0.717, 1.165) is 0 Å². The lowest BCUT2D eigenvalue weighted by molar-refractivity contribution is -0.383. The normalized spacial score (nSPS) is 36.9. The molecule has 20 atom stereocenters. The van der Waals surface area contributed by atoms with E-state index in [1.165, 1.54) is 31.4 Å². The molecule has 0 unspecified atom stereocenters. The van der Waals surface area contributed by atoms with Crippen molar-refractivity contribution in [2.45, 2.75) is 137 Å². The van der Waals surface area contributed by atoms with Crippen molar-refractivity contribution in [1.82, 2.24) is 0 Å². The van der Waals surface area contributed by atoms with Gasteiger partial charge in [0.15, 0.2) is 18.9 Å². The second kappa shape index (κ2) is 25.4. The first kappa shape index (κ1) is 63.5. The predicted molar refractivity (Wildman–Crippen MR) is 221 cm³/mol. The summed E-state index contributed by atoms with van der Waals surface area (Å²) in [5.41, 5.74) is 0. The second-order valence-electron chi connectivity index (χ2n) is 16.3. The maximum absolute atomic E-state index is 12.8. The average molecular weight is 1200 g/mol. The van der Waals surface area contributed by atoms with Crippen LogP contribution in [0.25, 0.3) is 0 Å². The third-order valence-corrected chi connectivity index (χ3v) is 12.7. The summed E-state index contributed by atoms with van der Waals surface area (Å²) in [5, 5.41) is 107. The first-order valence-electron chi connectivity index (χ1n) is 21.1. The van der Waals surface area contributed by atoms with Gasteiger partial charge in [0.25, 0.3) is 0 Å². The molecule has 77 heavy (non-hydrogen) atoms. The van der Waals surface area contributed by atoms with Crippen molar-refractivity contribution in [2.24, 2.45) is 9.98 Å². The Morgan fingerprint density at radius 1 is 0.532 bits per heavy atom. The monoisotopic (exact) mass is 1200 g/mol. The molecule has 0 aliphatic carbocycles. The Hall–Kier alpha value is -4.30. The van der Waals surface area contributed by atoms with Crippen molar-refractivity contribution in [1.29, 1.82) is 0 Å². The highest BCUT2D eigenvalue weighted by molar-refractivity contribution is 7.81. The Morgan fingerprint density at radius 2 is 0.922 bits per heavy atom. The summed E-state index contributed by atoms with van der Waals surface area (Å²) in [6, 6.07) is 0.338. The number of nitrogens with zero attached hydrogens (tertiary/aromatic N) is 2. The zero-order valence-corrected chi connectivity index (χ0v) is 42.0. The molecular weight excluding hydrogens is 1150 g/mol. The minimum atomic E-state index is -5.95. The van der Waals surface area contributed by atoms with Crippen molar-refractivity contribution >= 4 is 65.3 Å². The van der Waals surface area contributed by atoms with Crippen LogP contribution in [0.5, 0.6) is 11.5 Å². The van der Waals surface area contributed by atoms with Gasteiger partial charge in [-0.3, -0.25) is 27.5 Å². The molecule has 0 bridgehead atoms. The minimum Gasteiger partial charge on any atom is -0.862 e. The molecule has 7 N–H and O–H groups in total. The third kappa shape index (κ3) is 17.3. The molecule has 38 nitrogen and oxygen atoms in total. The number of carbonyl (C=O) groups is 2. The molecule has 4 heterocycles. The van der Waals surface area contributed by atoms with E-state index in [1.54, 1.807) is 0 Å². The Balaban J connectivity index is 1.55. The zero-order valence-electron chi connectivity index (χ0n) is 38.8. The number of carbonyl (C=O) groups excluding carboxylic acids is 2. The molecule has 1 aromatic rings. The fraction of sp³-hybridized carbons (Fsp3) is 0.714. The van der Waals surface area contributed by atoms with Crippen LogP contribution in [-0.4, -0.2) is 244 Å². The van der Waals surface area contributed by atoms with Crippen LogP contribution in [0.3, 0.4) is 0 Å². The molecule has 0 amide bonds. The third-order valence-electron chi connectivity index (χ3n) is 10.9. The Kier molecular flexibility index (Phi) is 21.0. The van der Waals surface area contributed by atoms with E-state index in [0.29, 0.717) is 19.6 Å². The van der Waals surface area contributed by atoms with Crippen LogP contribution >= 0.6 is 0 Å². The maximum Gasteiger partial charge on any atom is 0.397 e. The number of aliphatic carboxylic acids is 2. The molecule has 4 fully saturated rings. The van der Waals surface area contributed by atoms with Crippen LogP contribution < -0.4 is 29.9 Å². The molecule has 4 saturated heterocycles. The summed E-state index contributed by atoms with van der Waals surface area (Å²) in [6.45, 7) is -1.98. The van der Waals surface area contributed by atoms with Crippen LogP contribution in [0, 0.1) is 0 Å². The van der Waals surface area contributed by atoms with Crippen LogP contribution in [-0.2, 0) is 101 Å². The molecule has 4 aliphatic rings. The minimum absolute atomic E-state index is 0.113. The second-order valence-corrected chi connectivity index (χ2v) is 20.5. The van der Waals surface area contributed by atoms with Gasteiger partial charge >= 0.3 is 20.8 Å². The van der Waals surface area contributed by atoms with Gasteiger partial charge in [-0.1, -0.05) is 0 Å². The molecule has 42 heteroatoms. The molecule has 4 aliphatic heterocycles. The summed E-state index contributed by atoms with van der Waals surface area (Å²) in [6.07, 6.45) is -47.1. The zero-order chi connectivity index (χ0) is 57.9. The number of carboxylic acid groups (broad SMARTS) is 2. The highest BCUT2D eigenvalue weighted by Crippen LogP contribution is 2.38. The lowest BCUT2D eigenvalue weighted by Gasteiger charge is -2.50. The van der Waals surface area contributed by atoms with Crippen LogP contribution in [0.1, 0.15) is 13.8 Å². The summed E-state index contributed by atoms with van der Waals surface area (Å²) in [5.74, 6) is -7.16. The highest BCUT2D eigenvalue weighted by Gasteiger charge is 2.58. The molecule has 0 spiro atoms. The Bertz CT molecular complexity index is 2720. The molecule has 0 saturated carbocycles. The van der Waals surface area contributed by atoms with Gasteiger partial charge in [0.05, 0.1) is 32.3 Å². The number of methoxy groups -OCH3 is 1. The first-order chi connectivity index (χ1) is 35.5. The van der Waals surface area contributed by atoms with Crippen LogP contribution in [0.4, 0.5) is 0 Å². The number of rotatable bonds is 23. The molecule has 0 aromatic heterocycles. The van der Waals surface area contributed by atoms with E-state index in [9.17, 15) is 107 Å². The van der Waals surface area contributed by atoms with Crippen molar-refractivity contribution in [3.63, 3.8) is 0 Å². The quantitative estimate of drug-likeness (QED) is 0.0231. The molecular formula is C35H44N2O36S4-6. The van der Waals surface area contributed by atoms with Gasteiger partial charge in [-0.2, -0.15) is 16.8 Å². The smallest absolute Gasteiger partial charge is 0.397 e. The van der Waals surface area contributed by atoms with Crippen LogP contribution in [0.15, 0.2) is 34.3 Å². The van der Waals surface area contributed by atoms with E-state index in [-0.39, 0.29) is 5.75 Å².